The summed E-state index contributed by atoms with van der Waals surface area (Å²) in [6, 6.07) is 0. The third kappa shape index (κ3) is 7.59. The molecule has 110 valence electrons. The second-order valence-electron chi connectivity index (χ2n) is 4.78. The van der Waals surface area contributed by atoms with Gasteiger partial charge in [0.2, 0.25) is 0 Å². The van der Waals surface area contributed by atoms with E-state index >= 15 is 0 Å². The molecule has 1 aliphatic heterocycles. The molecular formula is C13H29NO3S. The molecule has 0 saturated carbocycles. The first-order chi connectivity index (χ1) is 8.47. The molecule has 1 fully saturated rings. The number of hydrogen-bond donors (Lipinski definition) is 2. The van der Waals surface area contributed by atoms with Gasteiger partial charge in [-0.2, -0.15) is 12.6 Å². The van der Waals surface area contributed by atoms with E-state index in [0.717, 1.165) is 26.1 Å². The first kappa shape index (κ1) is 18.2. The molecule has 0 amide bonds. The van der Waals surface area contributed by atoms with Gasteiger partial charge in [0.1, 0.15) is 0 Å². The van der Waals surface area contributed by atoms with Crippen molar-refractivity contribution in [2.24, 2.45) is 0 Å². The molecule has 1 N–H and O–H groups in total. The molecule has 1 saturated heterocycles. The van der Waals surface area contributed by atoms with Crippen LogP contribution in [0.5, 0.6) is 0 Å². The SMILES string of the molecule is CCC(C)(S)C1CNCCO1.COCC(C)OC. The summed E-state index contributed by atoms with van der Waals surface area (Å²) in [5.41, 5.74) is 0. The van der Waals surface area contributed by atoms with Crippen LogP contribution in [0.1, 0.15) is 27.2 Å². The molecule has 5 heteroatoms. The summed E-state index contributed by atoms with van der Waals surface area (Å²) in [5.74, 6) is 0. The Morgan fingerprint density at radius 3 is 2.50 bits per heavy atom. The van der Waals surface area contributed by atoms with Gasteiger partial charge in [0.05, 0.1) is 25.4 Å². The molecule has 0 aromatic heterocycles. The van der Waals surface area contributed by atoms with Gasteiger partial charge in [-0.1, -0.05) is 6.92 Å². The van der Waals surface area contributed by atoms with Crippen molar-refractivity contribution in [3.63, 3.8) is 0 Å². The van der Waals surface area contributed by atoms with Gasteiger partial charge in [-0.05, 0) is 20.3 Å². The molecule has 18 heavy (non-hydrogen) atoms. The monoisotopic (exact) mass is 279 g/mol. The summed E-state index contributed by atoms with van der Waals surface area (Å²) >= 11 is 4.56. The van der Waals surface area contributed by atoms with Crippen molar-refractivity contribution in [1.29, 1.82) is 0 Å². The van der Waals surface area contributed by atoms with Gasteiger partial charge in [-0.15, -0.1) is 0 Å². The number of ether oxygens (including phenoxy) is 3. The summed E-state index contributed by atoms with van der Waals surface area (Å²) < 4.78 is 15.3. The second kappa shape index (κ2) is 10.0. The van der Waals surface area contributed by atoms with E-state index in [1.165, 1.54) is 0 Å². The van der Waals surface area contributed by atoms with Crippen LogP contribution >= 0.6 is 12.6 Å². The van der Waals surface area contributed by atoms with Crippen LogP contribution in [-0.4, -0.2) is 57.5 Å². The van der Waals surface area contributed by atoms with Gasteiger partial charge >= 0.3 is 0 Å². The van der Waals surface area contributed by atoms with E-state index in [0.29, 0.717) is 6.61 Å². The zero-order valence-corrected chi connectivity index (χ0v) is 13.3. The topological polar surface area (TPSA) is 39.7 Å². The number of hydrogen-bond acceptors (Lipinski definition) is 5. The minimum absolute atomic E-state index is 0.0213. The summed E-state index contributed by atoms with van der Waals surface area (Å²) in [5, 5.41) is 3.30. The lowest BCUT2D eigenvalue weighted by molar-refractivity contribution is 0.00661. The van der Waals surface area contributed by atoms with E-state index in [4.69, 9.17) is 14.2 Å². The van der Waals surface area contributed by atoms with E-state index in [1.54, 1.807) is 14.2 Å². The highest BCUT2D eigenvalue weighted by Gasteiger charge is 2.30. The van der Waals surface area contributed by atoms with Crippen molar-refractivity contribution < 1.29 is 14.2 Å². The normalized spacial score (nSPS) is 24.7. The quantitative estimate of drug-likeness (QED) is 0.752. The Kier molecular flexibility index (Phi) is 10.1. The van der Waals surface area contributed by atoms with Gasteiger partial charge in [0, 0.05) is 32.1 Å². The average Bonchev–Trinajstić information content (AvgIpc) is 2.40. The van der Waals surface area contributed by atoms with Crippen molar-refractivity contribution in [3.05, 3.63) is 0 Å². The number of rotatable bonds is 5. The van der Waals surface area contributed by atoms with Crippen molar-refractivity contribution in [1.82, 2.24) is 5.32 Å². The van der Waals surface area contributed by atoms with Gasteiger partial charge < -0.3 is 19.5 Å². The molecule has 0 aromatic rings. The van der Waals surface area contributed by atoms with Crippen LogP contribution in [0.15, 0.2) is 0 Å². The highest BCUT2D eigenvalue weighted by molar-refractivity contribution is 7.81. The fourth-order valence-electron chi connectivity index (χ4n) is 1.50. The number of methoxy groups -OCH3 is 2. The fourth-order valence-corrected chi connectivity index (χ4v) is 1.66. The molecule has 1 heterocycles. The Balaban J connectivity index is 0.000000360. The second-order valence-corrected chi connectivity index (χ2v) is 5.80. The Bertz CT molecular complexity index is 197. The number of morpholine rings is 1. The molecule has 1 aliphatic rings. The van der Waals surface area contributed by atoms with E-state index in [1.807, 2.05) is 6.92 Å². The van der Waals surface area contributed by atoms with E-state index in [9.17, 15) is 0 Å². The van der Waals surface area contributed by atoms with Crippen LogP contribution < -0.4 is 5.32 Å². The summed E-state index contributed by atoms with van der Waals surface area (Å²) in [7, 11) is 3.33. The van der Waals surface area contributed by atoms with Crippen molar-refractivity contribution in [2.45, 2.75) is 44.1 Å². The number of thiol groups is 1. The third-order valence-electron chi connectivity index (χ3n) is 3.14. The predicted molar refractivity (Wildman–Crippen MR) is 78.6 cm³/mol. The molecule has 0 spiro atoms. The van der Waals surface area contributed by atoms with Crippen molar-refractivity contribution >= 4 is 12.6 Å². The van der Waals surface area contributed by atoms with E-state index in [-0.39, 0.29) is 17.0 Å². The first-order valence-electron chi connectivity index (χ1n) is 6.54. The lowest BCUT2D eigenvalue weighted by atomic mass is 10.00. The van der Waals surface area contributed by atoms with Gasteiger partial charge in [-0.3, -0.25) is 0 Å². The lowest BCUT2D eigenvalue weighted by Gasteiger charge is -2.35. The molecular weight excluding hydrogens is 250 g/mol. The maximum Gasteiger partial charge on any atom is 0.0841 e. The number of nitrogens with one attached hydrogen (secondary N) is 1. The minimum atomic E-state index is 0.0213. The van der Waals surface area contributed by atoms with Crippen LogP contribution in [0.25, 0.3) is 0 Å². The Hall–Kier alpha value is 0.190. The Morgan fingerprint density at radius 2 is 2.17 bits per heavy atom. The molecule has 0 aliphatic carbocycles. The van der Waals surface area contributed by atoms with E-state index < -0.39 is 0 Å². The summed E-state index contributed by atoms with van der Waals surface area (Å²) in [6.45, 7) is 9.65. The lowest BCUT2D eigenvalue weighted by Crippen LogP contribution is -2.48. The maximum atomic E-state index is 5.59. The van der Waals surface area contributed by atoms with Gasteiger partial charge in [0.15, 0.2) is 0 Å². The van der Waals surface area contributed by atoms with Crippen molar-refractivity contribution in [3.8, 4) is 0 Å². The Labute approximate surface area is 117 Å². The third-order valence-corrected chi connectivity index (χ3v) is 3.74. The molecule has 0 aromatic carbocycles. The average molecular weight is 279 g/mol. The Morgan fingerprint density at radius 1 is 1.50 bits per heavy atom. The van der Waals surface area contributed by atoms with Crippen LogP contribution in [0, 0.1) is 0 Å². The van der Waals surface area contributed by atoms with Gasteiger partial charge in [-0.25, -0.2) is 0 Å². The molecule has 3 atom stereocenters. The maximum absolute atomic E-state index is 5.59. The molecule has 0 radical (unpaired) electrons. The molecule has 0 bridgehead atoms. The summed E-state index contributed by atoms with van der Waals surface area (Å²) in [4.78, 5) is 0. The zero-order chi connectivity index (χ0) is 14.0. The van der Waals surface area contributed by atoms with Crippen molar-refractivity contribution in [2.75, 3.05) is 40.5 Å². The van der Waals surface area contributed by atoms with Crippen LogP contribution in [0.4, 0.5) is 0 Å². The van der Waals surface area contributed by atoms with E-state index in [2.05, 4.69) is 31.8 Å². The molecule has 1 rings (SSSR count). The first-order valence-corrected chi connectivity index (χ1v) is 6.99. The van der Waals surface area contributed by atoms with Gasteiger partial charge in [0.25, 0.3) is 0 Å². The predicted octanol–water partition coefficient (Wildman–Crippen LogP) is 1.74. The highest BCUT2D eigenvalue weighted by atomic mass is 32.1. The molecule has 4 nitrogen and oxygen atoms in total. The molecule has 3 unspecified atom stereocenters. The zero-order valence-electron chi connectivity index (χ0n) is 12.4. The minimum Gasteiger partial charge on any atom is -0.382 e. The smallest absolute Gasteiger partial charge is 0.0841 e. The van der Waals surface area contributed by atoms with Crippen LogP contribution in [0.2, 0.25) is 0 Å². The van der Waals surface area contributed by atoms with Crippen LogP contribution in [-0.2, 0) is 14.2 Å². The summed E-state index contributed by atoms with van der Waals surface area (Å²) in [6.07, 6.45) is 1.54. The largest absolute Gasteiger partial charge is 0.382 e. The van der Waals surface area contributed by atoms with Crippen LogP contribution in [0.3, 0.4) is 0 Å². The fraction of sp³-hybridized carbons (Fsp3) is 1.00. The standard InChI is InChI=1S/C8H17NOS.C5H12O2/c1-3-8(2,11)7-6-9-4-5-10-7;1-5(7-3)4-6-2/h7,9,11H,3-6H2,1-2H3;5H,4H2,1-3H3. The highest BCUT2D eigenvalue weighted by Crippen LogP contribution is 2.25.